The molecular weight excluding hydrogens is 429 g/mol. The molecule has 1 atom stereocenters. The van der Waals surface area contributed by atoms with E-state index in [0.29, 0.717) is 21.3 Å². The van der Waals surface area contributed by atoms with Crippen molar-refractivity contribution in [2.24, 2.45) is 0 Å². The average molecular weight is 443 g/mol. The van der Waals surface area contributed by atoms with Crippen molar-refractivity contribution in [2.45, 2.75) is 18.8 Å². The number of hydrogen-bond donors (Lipinski definition) is 1. The molecule has 0 radical (unpaired) electrons. The van der Waals surface area contributed by atoms with E-state index in [2.05, 4.69) is 21.2 Å². The van der Waals surface area contributed by atoms with E-state index in [0.717, 1.165) is 17.0 Å². The Kier molecular flexibility index (Phi) is 5.14. The Hall–Kier alpha value is -2.55. The van der Waals surface area contributed by atoms with Gasteiger partial charge in [0.25, 0.3) is 5.91 Å². The molecule has 1 aliphatic rings. The van der Waals surface area contributed by atoms with Gasteiger partial charge in [-0.3, -0.25) is 9.69 Å². The van der Waals surface area contributed by atoms with Crippen LogP contribution in [0.2, 0.25) is 0 Å². The van der Waals surface area contributed by atoms with Crippen molar-refractivity contribution in [3.8, 4) is 5.75 Å². The summed E-state index contributed by atoms with van der Waals surface area (Å²) < 4.78 is 43.9. The summed E-state index contributed by atoms with van der Waals surface area (Å²) in [5.41, 5.74) is 0.105. The van der Waals surface area contributed by atoms with Crippen LogP contribution in [0.15, 0.2) is 46.9 Å². The number of halogens is 4. The third kappa shape index (κ3) is 3.92. The van der Waals surface area contributed by atoms with E-state index in [9.17, 15) is 22.8 Å². The minimum Gasteiger partial charge on any atom is -0.496 e. The summed E-state index contributed by atoms with van der Waals surface area (Å²) in [7, 11) is 1.45. The van der Waals surface area contributed by atoms with Gasteiger partial charge in [0.2, 0.25) is 0 Å². The van der Waals surface area contributed by atoms with Crippen LogP contribution in [-0.2, 0) is 17.5 Å². The Labute approximate surface area is 161 Å². The summed E-state index contributed by atoms with van der Waals surface area (Å²) in [5, 5.41) is 2.58. The van der Waals surface area contributed by atoms with Crippen LogP contribution >= 0.6 is 15.9 Å². The molecule has 1 saturated heterocycles. The van der Waals surface area contributed by atoms with Gasteiger partial charge in [0, 0.05) is 10.0 Å². The zero-order valence-electron chi connectivity index (χ0n) is 14.0. The summed E-state index contributed by atoms with van der Waals surface area (Å²) in [4.78, 5) is 25.9. The molecule has 5 nitrogen and oxygen atoms in total. The Morgan fingerprint density at radius 3 is 2.41 bits per heavy atom. The van der Waals surface area contributed by atoms with E-state index in [1.807, 2.05) is 0 Å². The lowest BCUT2D eigenvalue weighted by Crippen LogP contribution is -2.30. The number of imide groups is 1. The first-order valence-corrected chi connectivity index (χ1v) is 8.61. The van der Waals surface area contributed by atoms with E-state index >= 15 is 0 Å². The number of carbonyl (C=O) groups is 2. The van der Waals surface area contributed by atoms with Crippen LogP contribution in [0, 0.1) is 0 Å². The fraction of sp³-hybridized carbons (Fsp3) is 0.222. The minimum atomic E-state index is -4.44. The van der Waals surface area contributed by atoms with Crippen molar-refractivity contribution in [3.05, 3.63) is 63.6 Å². The Morgan fingerprint density at radius 1 is 1.15 bits per heavy atom. The van der Waals surface area contributed by atoms with Gasteiger partial charge in [0.05, 0.1) is 19.2 Å². The first-order valence-electron chi connectivity index (χ1n) is 7.82. The van der Waals surface area contributed by atoms with Gasteiger partial charge in [-0.15, -0.1) is 0 Å². The van der Waals surface area contributed by atoms with E-state index in [1.165, 1.54) is 19.2 Å². The van der Waals surface area contributed by atoms with Crippen LogP contribution in [0.25, 0.3) is 0 Å². The highest BCUT2D eigenvalue weighted by Crippen LogP contribution is 2.33. The van der Waals surface area contributed by atoms with Crippen LogP contribution in [0.5, 0.6) is 5.75 Å². The number of amides is 3. The highest BCUT2D eigenvalue weighted by molar-refractivity contribution is 9.10. The molecule has 0 spiro atoms. The molecule has 2 aromatic carbocycles. The van der Waals surface area contributed by atoms with Crippen molar-refractivity contribution in [3.63, 3.8) is 0 Å². The maximum Gasteiger partial charge on any atom is 0.416 e. The Morgan fingerprint density at radius 2 is 1.81 bits per heavy atom. The zero-order valence-corrected chi connectivity index (χ0v) is 15.6. The Balaban J connectivity index is 1.82. The lowest BCUT2D eigenvalue weighted by atomic mass is 10.1. The van der Waals surface area contributed by atoms with Crippen molar-refractivity contribution in [2.75, 3.05) is 7.11 Å². The fourth-order valence-corrected chi connectivity index (χ4v) is 3.17. The number of carbonyl (C=O) groups excluding carboxylic acids is 2. The standard InChI is InChI=1S/C18H14BrF3N2O3/c1-27-14-7-6-12(19)8-13(14)15-16(25)24(17(26)23-15)9-10-2-4-11(5-3-10)18(20,21)22/h2-8,15H,9H2,1H3,(H,23,26)/t15-/m0/s1. The molecule has 0 aliphatic carbocycles. The summed E-state index contributed by atoms with van der Waals surface area (Å²) in [6.45, 7) is -0.129. The van der Waals surface area contributed by atoms with Gasteiger partial charge in [-0.2, -0.15) is 13.2 Å². The first kappa shape index (κ1) is 19.2. The number of alkyl halides is 3. The summed E-state index contributed by atoms with van der Waals surface area (Å²) >= 11 is 3.31. The average Bonchev–Trinajstić information content (AvgIpc) is 2.89. The largest absolute Gasteiger partial charge is 0.496 e. The fourth-order valence-electron chi connectivity index (χ4n) is 2.79. The molecule has 0 unspecified atom stereocenters. The van der Waals surface area contributed by atoms with Crippen molar-refractivity contribution in [1.29, 1.82) is 0 Å². The molecule has 3 rings (SSSR count). The molecule has 1 N–H and O–H groups in total. The van der Waals surface area contributed by atoms with Crippen molar-refractivity contribution >= 4 is 27.9 Å². The van der Waals surface area contributed by atoms with Crippen LogP contribution in [0.4, 0.5) is 18.0 Å². The maximum absolute atomic E-state index is 12.7. The minimum absolute atomic E-state index is 0.129. The second-order valence-electron chi connectivity index (χ2n) is 5.89. The monoisotopic (exact) mass is 442 g/mol. The molecule has 3 amide bonds. The van der Waals surface area contributed by atoms with E-state index < -0.39 is 29.7 Å². The van der Waals surface area contributed by atoms with Crippen LogP contribution < -0.4 is 10.1 Å². The Bertz CT molecular complexity index is 884. The number of nitrogens with one attached hydrogen (secondary N) is 1. The number of urea groups is 1. The summed E-state index contributed by atoms with van der Waals surface area (Å²) in [6, 6.07) is 7.86. The lowest BCUT2D eigenvalue weighted by molar-refractivity contribution is -0.137. The van der Waals surface area contributed by atoms with E-state index in [1.54, 1.807) is 18.2 Å². The molecule has 0 aromatic heterocycles. The number of methoxy groups -OCH3 is 1. The molecule has 142 valence electrons. The molecule has 1 heterocycles. The highest BCUT2D eigenvalue weighted by atomic mass is 79.9. The molecule has 1 aliphatic heterocycles. The van der Waals surface area contributed by atoms with Crippen LogP contribution in [0.1, 0.15) is 22.7 Å². The quantitative estimate of drug-likeness (QED) is 0.719. The molecular formula is C18H14BrF3N2O3. The SMILES string of the molecule is COc1ccc(Br)cc1[C@@H]1NC(=O)N(Cc2ccc(C(F)(F)F)cc2)C1=O. The first-order chi connectivity index (χ1) is 12.7. The zero-order chi connectivity index (χ0) is 19.8. The van der Waals surface area contributed by atoms with Crippen molar-refractivity contribution in [1.82, 2.24) is 10.2 Å². The molecule has 27 heavy (non-hydrogen) atoms. The number of nitrogens with zero attached hydrogens (tertiary/aromatic N) is 1. The molecule has 2 aromatic rings. The number of ether oxygens (including phenoxy) is 1. The van der Waals surface area contributed by atoms with Crippen LogP contribution in [-0.4, -0.2) is 23.9 Å². The van der Waals surface area contributed by atoms with E-state index in [-0.39, 0.29) is 6.54 Å². The number of hydrogen-bond acceptors (Lipinski definition) is 3. The molecule has 1 fully saturated rings. The topological polar surface area (TPSA) is 58.6 Å². The van der Waals surface area contributed by atoms with Gasteiger partial charge in [0.1, 0.15) is 11.8 Å². The number of rotatable bonds is 4. The second kappa shape index (κ2) is 7.22. The summed E-state index contributed by atoms with van der Waals surface area (Å²) in [5.74, 6) is -0.0653. The van der Waals surface area contributed by atoms with Gasteiger partial charge >= 0.3 is 12.2 Å². The van der Waals surface area contributed by atoms with Gasteiger partial charge in [-0.1, -0.05) is 28.1 Å². The third-order valence-corrected chi connectivity index (χ3v) is 4.64. The van der Waals surface area contributed by atoms with Crippen molar-refractivity contribution < 1.29 is 27.5 Å². The molecule has 0 saturated carbocycles. The molecule has 9 heteroatoms. The normalized spacial score (nSPS) is 17.2. The molecule has 0 bridgehead atoms. The van der Waals surface area contributed by atoms with Gasteiger partial charge in [0.15, 0.2) is 0 Å². The number of benzene rings is 2. The van der Waals surface area contributed by atoms with Gasteiger partial charge in [-0.25, -0.2) is 4.79 Å². The van der Waals surface area contributed by atoms with Gasteiger partial charge < -0.3 is 10.1 Å². The summed E-state index contributed by atoms with van der Waals surface area (Å²) in [6.07, 6.45) is -4.44. The lowest BCUT2D eigenvalue weighted by Gasteiger charge is -2.15. The second-order valence-corrected chi connectivity index (χ2v) is 6.80. The maximum atomic E-state index is 12.7. The third-order valence-electron chi connectivity index (χ3n) is 4.15. The predicted octanol–water partition coefficient (Wildman–Crippen LogP) is 4.27. The van der Waals surface area contributed by atoms with Crippen LogP contribution in [0.3, 0.4) is 0 Å². The van der Waals surface area contributed by atoms with Gasteiger partial charge in [-0.05, 0) is 35.9 Å². The smallest absolute Gasteiger partial charge is 0.416 e. The highest BCUT2D eigenvalue weighted by Gasteiger charge is 2.40. The predicted molar refractivity (Wildman–Crippen MR) is 94.0 cm³/mol. The van der Waals surface area contributed by atoms with E-state index in [4.69, 9.17) is 4.74 Å².